The molecule has 3 heterocycles. The van der Waals surface area contributed by atoms with E-state index in [1.807, 2.05) is 24.8 Å². The van der Waals surface area contributed by atoms with Crippen LogP contribution in [0.2, 0.25) is 0 Å². The fourth-order valence-electron chi connectivity index (χ4n) is 3.47. The molecule has 0 spiro atoms. The Morgan fingerprint density at radius 3 is 2.85 bits per heavy atom. The monoisotopic (exact) mass is 397 g/mol. The molecule has 6 heteroatoms. The minimum Gasteiger partial charge on any atom is -0.337 e. The quantitative estimate of drug-likeness (QED) is 0.476. The van der Waals surface area contributed by atoms with Crippen LogP contribution >= 0.6 is 23.1 Å². The van der Waals surface area contributed by atoms with E-state index < -0.39 is 0 Å². The normalized spacial score (nSPS) is 15.0. The maximum atomic E-state index is 13.1. The predicted octanol–water partition coefficient (Wildman–Crippen LogP) is 4.63. The van der Waals surface area contributed by atoms with Crippen LogP contribution in [0.5, 0.6) is 0 Å². The van der Waals surface area contributed by atoms with Gasteiger partial charge in [-0.2, -0.15) is 0 Å². The second-order valence-corrected chi connectivity index (χ2v) is 9.34. The lowest BCUT2D eigenvalue weighted by atomic mass is 10.00. The van der Waals surface area contributed by atoms with Gasteiger partial charge in [-0.05, 0) is 43.9 Å². The molecule has 1 atom stereocenters. The van der Waals surface area contributed by atoms with Crippen molar-refractivity contribution in [3.8, 4) is 0 Å². The van der Waals surface area contributed by atoms with E-state index in [1.165, 1.54) is 16.0 Å². The van der Waals surface area contributed by atoms with E-state index >= 15 is 0 Å². The number of nitrogens with zero attached hydrogens (tertiary/aromatic N) is 3. The van der Waals surface area contributed by atoms with Crippen molar-refractivity contribution in [3.05, 3.63) is 52.2 Å². The van der Waals surface area contributed by atoms with Crippen molar-refractivity contribution >= 4 is 39.2 Å². The Balaban J connectivity index is 1.54. The van der Waals surface area contributed by atoms with Gasteiger partial charge in [0.15, 0.2) is 0 Å². The Morgan fingerprint density at radius 2 is 2.07 bits per heavy atom. The van der Waals surface area contributed by atoms with Crippen molar-refractivity contribution in [1.82, 2.24) is 14.9 Å². The fourth-order valence-corrected chi connectivity index (χ4v) is 5.60. The average molecular weight is 398 g/mol. The fraction of sp³-hybridized carbons (Fsp3) is 0.381. The van der Waals surface area contributed by atoms with Crippen molar-refractivity contribution in [3.63, 3.8) is 0 Å². The SMILES string of the molecule is CCc1cc2c(SC(C)C(=O)N3CCc4ccccc4C3)nc(C)nc2s1. The van der Waals surface area contributed by atoms with Gasteiger partial charge in [-0.25, -0.2) is 9.97 Å². The zero-order valence-corrected chi connectivity index (χ0v) is 17.5. The molecular weight excluding hydrogens is 374 g/mol. The Hall–Kier alpha value is -1.92. The smallest absolute Gasteiger partial charge is 0.236 e. The lowest BCUT2D eigenvalue weighted by Gasteiger charge is -2.30. The number of thioether (sulfide) groups is 1. The summed E-state index contributed by atoms with van der Waals surface area (Å²) < 4.78 is 0. The van der Waals surface area contributed by atoms with Gasteiger partial charge in [-0.3, -0.25) is 4.79 Å². The van der Waals surface area contributed by atoms with Crippen molar-refractivity contribution in [2.24, 2.45) is 0 Å². The molecule has 1 aromatic carbocycles. The molecule has 27 heavy (non-hydrogen) atoms. The summed E-state index contributed by atoms with van der Waals surface area (Å²) in [6, 6.07) is 10.6. The van der Waals surface area contributed by atoms with Gasteiger partial charge in [0.2, 0.25) is 5.91 Å². The summed E-state index contributed by atoms with van der Waals surface area (Å²) in [5, 5.41) is 1.83. The third kappa shape index (κ3) is 3.73. The Morgan fingerprint density at radius 1 is 1.30 bits per heavy atom. The highest BCUT2D eigenvalue weighted by Crippen LogP contribution is 2.34. The molecule has 1 aliphatic heterocycles. The summed E-state index contributed by atoms with van der Waals surface area (Å²) in [6.07, 6.45) is 1.92. The molecule has 0 saturated heterocycles. The zero-order chi connectivity index (χ0) is 19.0. The van der Waals surface area contributed by atoms with Crippen molar-refractivity contribution < 1.29 is 4.79 Å². The number of fused-ring (bicyclic) bond motifs is 2. The van der Waals surface area contributed by atoms with E-state index in [0.29, 0.717) is 6.54 Å². The summed E-state index contributed by atoms with van der Waals surface area (Å²) in [5.41, 5.74) is 2.63. The zero-order valence-electron chi connectivity index (χ0n) is 15.9. The number of hydrogen-bond acceptors (Lipinski definition) is 5. The first-order chi connectivity index (χ1) is 13.0. The Bertz CT molecular complexity index is 998. The van der Waals surface area contributed by atoms with Crippen LogP contribution in [0.1, 0.15) is 35.7 Å². The Kier molecular flexibility index (Phi) is 5.19. The summed E-state index contributed by atoms with van der Waals surface area (Å²) in [7, 11) is 0. The first kappa shape index (κ1) is 18.4. The van der Waals surface area contributed by atoms with Gasteiger partial charge in [0.05, 0.1) is 5.25 Å². The van der Waals surface area contributed by atoms with E-state index in [9.17, 15) is 4.79 Å². The summed E-state index contributed by atoms with van der Waals surface area (Å²) in [6.45, 7) is 7.55. The van der Waals surface area contributed by atoms with Crippen LogP contribution in [0.3, 0.4) is 0 Å². The molecule has 4 nitrogen and oxygen atoms in total. The summed E-state index contributed by atoms with van der Waals surface area (Å²) in [5.74, 6) is 0.950. The standard InChI is InChI=1S/C21H23N3OS2/c1-4-17-11-18-19(22-14(3)23-20(18)27-17)26-13(2)21(25)24-10-9-15-7-5-6-8-16(15)12-24/h5-8,11,13H,4,9-10,12H2,1-3H3. The van der Waals surface area contributed by atoms with Crippen LogP contribution in [0.25, 0.3) is 10.2 Å². The van der Waals surface area contributed by atoms with Crippen LogP contribution in [0, 0.1) is 6.92 Å². The van der Waals surface area contributed by atoms with Gasteiger partial charge in [0.25, 0.3) is 0 Å². The van der Waals surface area contributed by atoms with Crippen molar-refractivity contribution in [2.45, 2.75) is 50.4 Å². The van der Waals surface area contributed by atoms with Crippen LogP contribution in [0.4, 0.5) is 0 Å². The molecule has 1 aliphatic rings. The van der Waals surface area contributed by atoms with E-state index in [2.05, 4.69) is 41.2 Å². The Labute approximate surface area is 168 Å². The number of aryl methyl sites for hydroxylation is 2. The first-order valence-electron chi connectivity index (χ1n) is 9.34. The molecule has 2 aromatic heterocycles. The second-order valence-electron chi connectivity index (χ2n) is 6.90. The number of carbonyl (C=O) groups is 1. The lowest BCUT2D eigenvalue weighted by Crippen LogP contribution is -2.40. The minimum absolute atomic E-state index is 0.169. The molecule has 3 aromatic rings. The molecule has 0 saturated carbocycles. The van der Waals surface area contributed by atoms with Crippen LogP contribution < -0.4 is 0 Å². The van der Waals surface area contributed by atoms with Gasteiger partial charge in [0.1, 0.15) is 15.7 Å². The number of thiophene rings is 1. The highest BCUT2D eigenvalue weighted by Gasteiger charge is 2.26. The summed E-state index contributed by atoms with van der Waals surface area (Å²) >= 11 is 3.28. The molecule has 4 rings (SSSR count). The molecular formula is C21H23N3OS2. The second kappa shape index (κ2) is 7.60. The molecule has 0 aliphatic carbocycles. The van der Waals surface area contributed by atoms with Gasteiger partial charge in [-0.1, -0.05) is 43.0 Å². The third-order valence-corrected chi connectivity index (χ3v) is 7.21. The number of amides is 1. The van der Waals surface area contributed by atoms with E-state index in [0.717, 1.165) is 40.5 Å². The van der Waals surface area contributed by atoms with Gasteiger partial charge >= 0.3 is 0 Å². The molecule has 140 valence electrons. The maximum Gasteiger partial charge on any atom is 0.236 e. The highest BCUT2D eigenvalue weighted by atomic mass is 32.2. The number of carbonyl (C=O) groups excluding carboxylic acids is 1. The van der Waals surface area contributed by atoms with Crippen LogP contribution in [-0.4, -0.2) is 32.6 Å². The molecule has 0 radical (unpaired) electrons. The average Bonchev–Trinajstić information content (AvgIpc) is 3.10. The minimum atomic E-state index is -0.169. The number of aromatic nitrogens is 2. The number of rotatable bonds is 4. The molecule has 1 unspecified atom stereocenters. The topological polar surface area (TPSA) is 46.1 Å². The largest absolute Gasteiger partial charge is 0.337 e. The van der Waals surface area contributed by atoms with E-state index in [4.69, 9.17) is 0 Å². The van der Waals surface area contributed by atoms with Crippen LogP contribution in [-0.2, 0) is 24.2 Å². The van der Waals surface area contributed by atoms with E-state index in [1.54, 1.807) is 23.1 Å². The van der Waals surface area contributed by atoms with Crippen molar-refractivity contribution in [2.75, 3.05) is 6.54 Å². The van der Waals surface area contributed by atoms with Crippen molar-refractivity contribution in [1.29, 1.82) is 0 Å². The molecule has 0 bridgehead atoms. The first-order valence-corrected chi connectivity index (χ1v) is 11.0. The van der Waals surface area contributed by atoms with Gasteiger partial charge in [0, 0.05) is 23.4 Å². The highest BCUT2D eigenvalue weighted by molar-refractivity contribution is 8.00. The lowest BCUT2D eigenvalue weighted by molar-refractivity contribution is -0.131. The van der Waals surface area contributed by atoms with E-state index in [-0.39, 0.29) is 11.2 Å². The molecule has 0 N–H and O–H groups in total. The number of benzene rings is 1. The maximum absolute atomic E-state index is 13.1. The summed E-state index contributed by atoms with van der Waals surface area (Å²) in [4.78, 5) is 26.6. The molecule has 1 amide bonds. The third-order valence-electron chi connectivity index (χ3n) is 4.95. The van der Waals surface area contributed by atoms with Gasteiger partial charge < -0.3 is 4.90 Å². The number of hydrogen-bond donors (Lipinski definition) is 0. The predicted molar refractivity (Wildman–Crippen MR) is 112 cm³/mol. The van der Waals surface area contributed by atoms with Gasteiger partial charge in [-0.15, -0.1) is 11.3 Å². The van der Waals surface area contributed by atoms with Crippen LogP contribution in [0.15, 0.2) is 35.4 Å². The molecule has 0 fully saturated rings.